The molecule has 148 valence electrons. The normalized spacial score (nSPS) is 16.5. The van der Waals surface area contributed by atoms with Crippen LogP contribution in [-0.4, -0.2) is 61.0 Å². The minimum Gasteiger partial charge on any atom is -0.490 e. The van der Waals surface area contributed by atoms with E-state index >= 15 is 0 Å². The number of aromatic nitrogens is 1. The highest BCUT2D eigenvalue weighted by molar-refractivity contribution is 7.13. The fourth-order valence-electron chi connectivity index (χ4n) is 3.57. The summed E-state index contributed by atoms with van der Waals surface area (Å²) >= 11 is 1.64. The predicted octanol–water partition coefficient (Wildman–Crippen LogP) is 2.31. The highest BCUT2D eigenvalue weighted by atomic mass is 32.1. The first-order valence-electron chi connectivity index (χ1n) is 9.59. The Morgan fingerprint density at radius 2 is 1.82 bits per heavy atom. The zero-order valence-electron chi connectivity index (χ0n) is 16.0. The molecule has 1 aromatic carbocycles. The second-order valence-electron chi connectivity index (χ2n) is 7.00. The van der Waals surface area contributed by atoms with E-state index in [2.05, 4.69) is 9.88 Å². The number of anilines is 2. The molecule has 0 unspecified atom stereocenters. The van der Waals surface area contributed by atoms with Crippen LogP contribution in [0.3, 0.4) is 0 Å². The first-order chi connectivity index (χ1) is 13.6. The highest BCUT2D eigenvalue weighted by Crippen LogP contribution is 2.31. The molecule has 8 heteroatoms. The summed E-state index contributed by atoms with van der Waals surface area (Å²) in [5.74, 6) is 0.743. The number of ether oxygens (including phenoxy) is 1. The quantitative estimate of drug-likeness (QED) is 0.788. The zero-order chi connectivity index (χ0) is 19.5. The molecule has 1 saturated heterocycles. The number of nitrogens with zero attached hydrogens (tertiary/aromatic N) is 4. The van der Waals surface area contributed by atoms with E-state index in [1.807, 2.05) is 41.5 Å². The topological polar surface area (TPSA) is 66.0 Å². The van der Waals surface area contributed by atoms with E-state index in [-0.39, 0.29) is 24.7 Å². The summed E-state index contributed by atoms with van der Waals surface area (Å²) in [6.07, 6.45) is 0.466. The maximum atomic E-state index is 12.7. The zero-order valence-corrected chi connectivity index (χ0v) is 16.8. The van der Waals surface area contributed by atoms with Crippen LogP contribution in [0.15, 0.2) is 29.6 Å². The molecule has 0 N–H and O–H groups in total. The Morgan fingerprint density at radius 1 is 1.07 bits per heavy atom. The summed E-state index contributed by atoms with van der Waals surface area (Å²) in [6, 6.07) is 7.53. The molecule has 2 amide bonds. The average molecular weight is 401 g/mol. The van der Waals surface area contributed by atoms with E-state index in [9.17, 15) is 9.59 Å². The van der Waals surface area contributed by atoms with Gasteiger partial charge in [0.15, 0.2) is 5.13 Å². The maximum Gasteiger partial charge on any atom is 0.227 e. The van der Waals surface area contributed by atoms with Crippen LogP contribution < -0.4 is 14.5 Å². The van der Waals surface area contributed by atoms with Crippen molar-refractivity contribution in [2.45, 2.75) is 19.8 Å². The average Bonchev–Trinajstić information content (AvgIpc) is 3.17. The van der Waals surface area contributed by atoms with Crippen molar-refractivity contribution in [3.8, 4) is 5.75 Å². The molecule has 0 spiro atoms. The third kappa shape index (κ3) is 3.96. The molecule has 2 aromatic rings. The van der Waals surface area contributed by atoms with Gasteiger partial charge in [0, 0.05) is 44.4 Å². The fraction of sp³-hybridized carbons (Fsp3) is 0.450. The number of thiazole rings is 1. The van der Waals surface area contributed by atoms with E-state index in [0.717, 1.165) is 35.4 Å². The van der Waals surface area contributed by atoms with E-state index in [4.69, 9.17) is 4.74 Å². The van der Waals surface area contributed by atoms with Gasteiger partial charge in [-0.15, -0.1) is 11.3 Å². The van der Waals surface area contributed by atoms with E-state index in [0.29, 0.717) is 26.2 Å². The molecule has 3 heterocycles. The lowest BCUT2D eigenvalue weighted by molar-refractivity contribution is -0.133. The van der Waals surface area contributed by atoms with Crippen LogP contribution in [0, 0.1) is 6.92 Å². The molecule has 0 radical (unpaired) electrons. The van der Waals surface area contributed by atoms with Gasteiger partial charge in [-0.3, -0.25) is 9.59 Å². The van der Waals surface area contributed by atoms with Crippen LogP contribution in [0.25, 0.3) is 0 Å². The molecule has 0 atom stereocenters. The third-order valence-electron chi connectivity index (χ3n) is 5.09. The second-order valence-corrected chi connectivity index (χ2v) is 7.84. The van der Waals surface area contributed by atoms with Gasteiger partial charge in [-0.1, -0.05) is 12.1 Å². The summed E-state index contributed by atoms with van der Waals surface area (Å²) in [5.41, 5.74) is 1.82. The van der Waals surface area contributed by atoms with Crippen molar-refractivity contribution in [1.29, 1.82) is 0 Å². The number of rotatable bonds is 4. The number of fused-ring (bicyclic) bond motifs is 1. The Kier molecular flexibility index (Phi) is 5.47. The Morgan fingerprint density at radius 3 is 2.57 bits per heavy atom. The lowest BCUT2D eigenvalue weighted by Crippen LogP contribution is -2.49. The molecular weight excluding hydrogens is 376 g/mol. The number of piperazine rings is 1. The van der Waals surface area contributed by atoms with Gasteiger partial charge in [-0.25, -0.2) is 4.98 Å². The van der Waals surface area contributed by atoms with Gasteiger partial charge in [0.05, 0.1) is 17.9 Å². The van der Waals surface area contributed by atoms with Crippen LogP contribution in [0.4, 0.5) is 10.8 Å². The standard InChI is InChI=1S/C20H24N4O3S/c1-15-14-28-20(21-15)23-10-8-22(9-11-23)18(25)6-7-19(26)24-12-13-27-17-5-3-2-4-16(17)24/h2-5,14H,6-13H2,1H3. The van der Waals surface area contributed by atoms with Crippen molar-refractivity contribution in [2.24, 2.45) is 0 Å². The van der Waals surface area contributed by atoms with Gasteiger partial charge in [0.1, 0.15) is 12.4 Å². The lowest BCUT2D eigenvalue weighted by Gasteiger charge is -2.35. The number of benzene rings is 1. The third-order valence-corrected chi connectivity index (χ3v) is 6.11. The smallest absolute Gasteiger partial charge is 0.227 e. The van der Waals surface area contributed by atoms with Gasteiger partial charge in [0.25, 0.3) is 0 Å². The molecular formula is C20H24N4O3S. The van der Waals surface area contributed by atoms with Gasteiger partial charge < -0.3 is 19.4 Å². The highest BCUT2D eigenvalue weighted by Gasteiger charge is 2.26. The molecule has 7 nitrogen and oxygen atoms in total. The fourth-order valence-corrected chi connectivity index (χ4v) is 4.43. The summed E-state index contributed by atoms with van der Waals surface area (Å²) < 4.78 is 5.59. The summed E-state index contributed by atoms with van der Waals surface area (Å²) in [6.45, 7) is 5.90. The number of para-hydroxylation sites is 2. The van der Waals surface area contributed by atoms with Gasteiger partial charge >= 0.3 is 0 Å². The minimum atomic E-state index is -0.0269. The van der Waals surface area contributed by atoms with Gasteiger partial charge in [0.2, 0.25) is 11.8 Å². The van der Waals surface area contributed by atoms with Crippen LogP contribution >= 0.6 is 11.3 Å². The maximum absolute atomic E-state index is 12.7. The molecule has 1 aromatic heterocycles. The minimum absolute atomic E-state index is 0.0269. The molecule has 2 aliphatic rings. The number of hydrogen-bond acceptors (Lipinski definition) is 6. The van der Waals surface area contributed by atoms with Gasteiger partial charge in [-0.2, -0.15) is 0 Å². The van der Waals surface area contributed by atoms with Crippen LogP contribution in [0.1, 0.15) is 18.5 Å². The van der Waals surface area contributed by atoms with E-state index in [1.54, 1.807) is 16.2 Å². The first kappa shape index (κ1) is 18.7. The molecule has 0 aliphatic carbocycles. The summed E-state index contributed by atoms with van der Waals surface area (Å²) in [5, 5.41) is 3.06. The van der Waals surface area contributed by atoms with E-state index in [1.165, 1.54) is 0 Å². The Labute approximate surface area is 168 Å². The van der Waals surface area contributed by atoms with Crippen LogP contribution in [0.2, 0.25) is 0 Å². The number of aryl methyl sites for hydroxylation is 1. The number of carbonyl (C=O) groups excluding carboxylic acids is 2. The summed E-state index contributed by atoms with van der Waals surface area (Å²) in [7, 11) is 0. The monoisotopic (exact) mass is 400 g/mol. The molecule has 1 fully saturated rings. The van der Waals surface area contributed by atoms with Crippen molar-refractivity contribution in [3.63, 3.8) is 0 Å². The van der Waals surface area contributed by atoms with Crippen molar-refractivity contribution >= 4 is 34.0 Å². The van der Waals surface area contributed by atoms with Crippen molar-refractivity contribution in [2.75, 3.05) is 49.1 Å². The first-order valence-corrected chi connectivity index (χ1v) is 10.5. The molecule has 28 heavy (non-hydrogen) atoms. The van der Waals surface area contributed by atoms with Crippen molar-refractivity contribution in [1.82, 2.24) is 9.88 Å². The number of amides is 2. The molecule has 0 bridgehead atoms. The molecule has 0 saturated carbocycles. The lowest BCUT2D eigenvalue weighted by atomic mass is 10.2. The van der Waals surface area contributed by atoms with Gasteiger partial charge in [-0.05, 0) is 19.1 Å². The SMILES string of the molecule is Cc1csc(N2CCN(C(=O)CCC(=O)N3CCOc4ccccc43)CC2)n1. The predicted molar refractivity (Wildman–Crippen MR) is 109 cm³/mol. The van der Waals surface area contributed by atoms with Crippen LogP contribution in [-0.2, 0) is 9.59 Å². The number of carbonyl (C=O) groups is 2. The Hall–Kier alpha value is -2.61. The van der Waals surface area contributed by atoms with Crippen LogP contribution in [0.5, 0.6) is 5.75 Å². The van der Waals surface area contributed by atoms with Crippen molar-refractivity contribution in [3.05, 3.63) is 35.3 Å². The molecule has 4 rings (SSSR count). The largest absolute Gasteiger partial charge is 0.490 e. The summed E-state index contributed by atoms with van der Waals surface area (Å²) in [4.78, 5) is 35.6. The molecule has 2 aliphatic heterocycles. The Bertz CT molecular complexity index is 861. The van der Waals surface area contributed by atoms with Crippen molar-refractivity contribution < 1.29 is 14.3 Å². The van der Waals surface area contributed by atoms with E-state index < -0.39 is 0 Å². The number of hydrogen-bond donors (Lipinski definition) is 0. The second kappa shape index (κ2) is 8.18. The Balaban J connectivity index is 1.28.